The van der Waals surface area contributed by atoms with Crippen LogP contribution in [0.5, 0.6) is 0 Å². The van der Waals surface area contributed by atoms with E-state index in [1.807, 2.05) is 16.7 Å². The van der Waals surface area contributed by atoms with Crippen LogP contribution in [0.2, 0.25) is 0 Å². The first kappa shape index (κ1) is 18.5. The third-order valence-electron chi connectivity index (χ3n) is 5.67. The van der Waals surface area contributed by atoms with Crippen molar-refractivity contribution in [3.05, 3.63) is 80.6 Å². The Morgan fingerprint density at radius 3 is 2.00 bits per heavy atom. The number of pyridine rings is 2. The molecule has 0 unspecified atom stereocenters. The second-order valence-corrected chi connectivity index (χ2v) is 8.55. The van der Waals surface area contributed by atoms with Gasteiger partial charge < -0.3 is 4.57 Å². The van der Waals surface area contributed by atoms with Gasteiger partial charge in [-0.3, -0.25) is 14.1 Å². The zero-order valence-electron chi connectivity index (χ0n) is 16.1. The van der Waals surface area contributed by atoms with Crippen LogP contribution in [-0.2, 0) is 17.4 Å². The summed E-state index contributed by atoms with van der Waals surface area (Å²) in [6, 6.07) is 14.8. The highest BCUT2D eigenvalue weighted by Gasteiger charge is 2.23. The van der Waals surface area contributed by atoms with E-state index in [1.165, 1.54) is 18.2 Å². The molecule has 0 bridgehead atoms. The number of rotatable bonds is 1. The van der Waals surface area contributed by atoms with E-state index in [-0.39, 0.29) is 32.7 Å². The standard InChI is InChI=1S/C22H16N2O5S/c1-12-19-18(23(2)16-9-5-3-7-13(16)22(19)26)11-15-20(12)24(30(27,28)29)17-10-6-4-8-14(17)21(15)25/h3-11H,1-2H3,(H,27,28,29). The molecule has 0 aliphatic carbocycles. The summed E-state index contributed by atoms with van der Waals surface area (Å²) in [6.45, 7) is 1.59. The Bertz CT molecular complexity index is 1780. The molecule has 0 atom stereocenters. The summed E-state index contributed by atoms with van der Waals surface area (Å²) in [4.78, 5) is 26.5. The molecule has 30 heavy (non-hydrogen) atoms. The van der Waals surface area contributed by atoms with Gasteiger partial charge in [0, 0.05) is 23.2 Å². The zero-order valence-corrected chi connectivity index (χ0v) is 16.9. The van der Waals surface area contributed by atoms with Crippen molar-refractivity contribution in [2.75, 3.05) is 0 Å². The van der Waals surface area contributed by atoms with Gasteiger partial charge >= 0.3 is 10.3 Å². The Balaban J connectivity index is 2.23. The molecule has 0 spiro atoms. The van der Waals surface area contributed by atoms with Crippen LogP contribution in [0.15, 0.2) is 64.2 Å². The van der Waals surface area contributed by atoms with E-state index in [0.717, 1.165) is 3.97 Å². The quantitative estimate of drug-likeness (QED) is 0.332. The lowest BCUT2D eigenvalue weighted by atomic mass is 10.00. The van der Waals surface area contributed by atoms with Crippen LogP contribution < -0.4 is 10.9 Å². The Morgan fingerprint density at radius 1 is 0.800 bits per heavy atom. The van der Waals surface area contributed by atoms with Gasteiger partial charge in [-0.25, -0.2) is 3.97 Å². The van der Waals surface area contributed by atoms with Crippen LogP contribution in [0.1, 0.15) is 5.56 Å². The molecular weight excluding hydrogens is 404 g/mol. The predicted molar refractivity (Wildman–Crippen MR) is 118 cm³/mol. The monoisotopic (exact) mass is 420 g/mol. The van der Waals surface area contributed by atoms with E-state index in [4.69, 9.17) is 0 Å². The summed E-state index contributed by atoms with van der Waals surface area (Å²) < 4.78 is 37.3. The molecule has 0 saturated heterocycles. The summed E-state index contributed by atoms with van der Waals surface area (Å²) >= 11 is 0. The van der Waals surface area contributed by atoms with Crippen LogP contribution in [0.4, 0.5) is 0 Å². The average Bonchev–Trinajstić information content (AvgIpc) is 2.72. The number of nitrogens with zero attached hydrogens (tertiary/aromatic N) is 2. The molecule has 2 heterocycles. The number of hydrogen-bond donors (Lipinski definition) is 1. The average molecular weight is 420 g/mol. The Kier molecular flexibility index (Phi) is 3.71. The second-order valence-electron chi connectivity index (χ2n) is 7.29. The highest BCUT2D eigenvalue weighted by Crippen LogP contribution is 2.30. The first-order chi connectivity index (χ1) is 14.2. The van der Waals surface area contributed by atoms with Crippen molar-refractivity contribution in [1.29, 1.82) is 0 Å². The van der Waals surface area contributed by atoms with Crippen LogP contribution in [0.3, 0.4) is 0 Å². The molecule has 0 amide bonds. The van der Waals surface area contributed by atoms with Gasteiger partial charge in [0.05, 0.1) is 27.5 Å². The van der Waals surface area contributed by atoms with Gasteiger partial charge in [0.2, 0.25) is 0 Å². The fourth-order valence-corrected chi connectivity index (χ4v) is 5.22. The van der Waals surface area contributed by atoms with Gasteiger partial charge in [-0.05, 0) is 42.8 Å². The van der Waals surface area contributed by atoms with Crippen molar-refractivity contribution in [1.82, 2.24) is 8.54 Å². The lowest BCUT2D eigenvalue weighted by molar-refractivity contribution is 0.476. The number of benzene rings is 3. The predicted octanol–water partition coefficient (Wildman–Crippen LogP) is 3.12. The van der Waals surface area contributed by atoms with E-state index >= 15 is 0 Å². The van der Waals surface area contributed by atoms with Gasteiger partial charge in [0.25, 0.3) is 0 Å². The van der Waals surface area contributed by atoms with Crippen LogP contribution >= 0.6 is 0 Å². The molecule has 5 rings (SSSR count). The molecular formula is C22H16N2O5S. The summed E-state index contributed by atoms with van der Waals surface area (Å²) in [5.41, 5.74) is 0.947. The Morgan fingerprint density at radius 2 is 1.37 bits per heavy atom. The molecule has 0 aliphatic rings. The topological polar surface area (TPSA) is 98.4 Å². The first-order valence-electron chi connectivity index (χ1n) is 9.18. The number of aryl methyl sites for hydroxylation is 2. The molecule has 2 aromatic heterocycles. The first-order valence-corrected chi connectivity index (χ1v) is 10.6. The second kappa shape index (κ2) is 6.01. The number of para-hydroxylation sites is 2. The summed E-state index contributed by atoms with van der Waals surface area (Å²) in [6.07, 6.45) is 0. The van der Waals surface area contributed by atoms with Crippen molar-refractivity contribution in [3.8, 4) is 0 Å². The maximum Gasteiger partial charge on any atom is 0.364 e. The Hall–Kier alpha value is -3.49. The lowest BCUT2D eigenvalue weighted by Crippen LogP contribution is -2.20. The fourth-order valence-electron chi connectivity index (χ4n) is 4.35. The van der Waals surface area contributed by atoms with Gasteiger partial charge in [-0.2, -0.15) is 8.42 Å². The summed E-state index contributed by atoms with van der Waals surface area (Å²) in [5.74, 6) is 0. The normalized spacial score (nSPS) is 12.4. The van der Waals surface area contributed by atoms with Crippen molar-refractivity contribution in [3.63, 3.8) is 0 Å². The molecule has 0 radical (unpaired) electrons. The van der Waals surface area contributed by atoms with Crippen LogP contribution in [0.25, 0.3) is 43.6 Å². The smallest absolute Gasteiger partial charge is 0.343 e. The lowest BCUT2D eigenvalue weighted by Gasteiger charge is -2.17. The highest BCUT2D eigenvalue weighted by molar-refractivity contribution is 7.84. The van der Waals surface area contributed by atoms with Gasteiger partial charge in [0.15, 0.2) is 10.9 Å². The molecule has 1 N–H and O–H groups in total. The van der Waals surface area contributed by atoms with Gasteiger partial charge in [-0.15, -0.1) is 0 Å². The molecule has 8 heteroatoms. The van der Waals surface area contributed by atoms with E-state index in [0.29, 0.717) is 27.4 Å². The third-order valence-corrected chi connectivity index (χ3v) is 6.51. The van der Waals surface area contributed by atoms with Gasteiger partial charge in [0.1, 0.15) is 0 Å². The van der Waals surface area contributed by atoms with Crippen LogP contribution in [-0.4, -0.2) is 21.5 Å². The third kappa shape index (κ3) is 2.31. The molecule has 0 saturated carbocycles. The molecule has 0 aliphatic heterocycles. The van der Waals surface area contributed by atoms with Crippen molar-refractivity contribution in [2.45, 2.75) is 6.92 Å². The molecule has 7 nitrogen and oxygen atoms in total. The van der Waals surface area contributed by atoms with Crippen molar-refractivity contribution in [2.24, 2.45) is 7.05 Å². The van der Waals surface area contributed by atoms with E-state index in [1.54, 1.807) is 38.2 Å². The minimum Gasteiger partial charge on any atom is -0.343 e. The summed E-state index contributed by atoms with van der Waals surface area (Å²) in [7, 11) is -2.97. The zero-order chi connectivity index (χ0) is 21.4. The largest absolute Gasteiger partial charge is 0.364 e. The van der Waals surface area contributed by atoms with Crippen molar-refractivity contribution >= 4 is 53.9 Å². The number of fused-ring (bicyclic) bond motifs is 4. The van der Waals surface area contributed by atoms with Gasteiger partial charge in [-0.1, -0.05) is 24.3 Å². The van der Waals surface area contributed by atoms with Crippen molar-refractivity contribution < 1.29 is 13.0 Å². The number of aromatic nitrogens is 2. The number of hydrogen-bond acceptors (Lipinski definition) is 4. The Labute approximate surface area is 170 Å². The van der Waals surface area contributed by atoms with Crippen LogP contribution in [0, 0.1) is 6.92 Å². The molecule has 0 fully saturated rings. The maximum atomic E-state index is 13.3. The highest BCUT2D eigenvalue weighted by atomic mass is 32.2. The minimum atomic E-state index is -4.76. The summed E-state index contributed by atoms with van der Waals surface area (Å²) in [5, 5.41) is 1.06. The minimum absolute atomic E-state index is 0.00100. The maximum absolute atomic E-state index is 13.3. The molecule has 5 aromatic rings. The van der Waals surface area contributed by atoms with E-state index < -0.39 is 10.3 Å². The fraction of sp³-hybridized carbons (Fsp3) is 0.0909. The van der Waals surface area contributed by atoms with E-state index in [2.05, 4.69) is 0 Å². The SMILES string of the molecule is Cc1c2c(=O)c3ccccc3n(C)c2cc2c(=O)c3ccccc3n(S(=O)(=O)O)c12. The van der Waals surface area contributed by atoms with E-state index in [9.17, 15) is 22.6 Å². The molecule has 150 valence electrons. The molecule has 3 aromatic carbocycles.